The molecule has 0 saturated heterocycles. The standard InChI is InChI=1S/C18H16ClNO5/c1-24-17-12-14(9-10-20(22)23)5-7-16(17)25-18(21)8-6-13-3-2-4-15(19)11-13/h2-5,7,9-12H,6,8H2,1H3/b10-9+. The highest BCUT2D eigenvalue weighted by Gasteiger charge is 2.11. The Morgan fingerprint density at radius 3 is 2.72 bits per heavy atom. The maximum absolute atomic E-state index is 12.0. The average Bonchev–Trinajstić information content (AvgIpc) is 2.59. The monoisotopic (exact) mass is 361 g/mol. The Hall–Kier alpha value is -2.86. The summed E-state index contributed by atoms with van der Waals surface area (Å²) in [4.78, 5) is 21.8. The molecule has 0 N–H and O–H groups in total. The highest BCUT2D eigenvalue weighted by Crippen LogP contribution is 2.29. The SMILES string of the molecule is COc1cc(/C=C/[N+](=O)[O-])ccc1OC(=O)CCc1cccc(Cl)c1. The van der Waals surface area contributed by atoms with Gasteiger partial charge in [-0.25, -0.2) is 0 Å². The number of carbonyl (C=O) groups excluding carboxylic acids is 1. The number of nitrogens with zero attached hydrogens (tertiary/aromatic N) is 1. The van der Waals surface area contributed by atoms with Crippen molar-refractivity contribution in [3.05, 3.63) is 74.9 Å². The molecule has 0 spiro atoms. The van der Waals surface area contributed by atoms with E-state index in [4.69, 9.17) is 21.1 Å². The first-order chi connectivity index (χ1) is 12.0. The Bertz CT molecular complexity index is 804. The number of ether oxygens (including phenoxy) is 2. The molecule has 0 saturated carbocycles. The molecule has 0 aliphatic heterocycles. The fourth-order valence-corrected chi connectivity index (χ4v) is 2.34. The number of rotatable bonds is 7. The molecule has 0 heterocycles. The first kappa shape index (κ1) is 18.5. The van der Waals surface area contributed by atoms with E-state index in [1.54, 1.807) is 24.3 Å². The van der Waals surface area contributed by atoms with Gasteiger partial charge in [0.15, 0.2) is 11.5 Å². The van der Waals surface area contributed by atoms with Gasteiger partial charge >= 0.3 is 5.97 Å². The molecular weight excluding hydrogens is 346 g/mol. The minimum absolute atomic E-state index is 0.187. The van der Waals surface area contributed by atoms with Gasteiger partial charge in [-0.1, -0.05) is 29.8 Å². The zero-order chi connectivity index (χ0) is 18.2. The molecule has 7 heteroatoms. The van der Waals surface area contributed by atoms with Crippen molar-refractivity contribution >= 4 is 23.6 Å². The van der Waals surface area contributed by atoms with E-state index in [9.17, 15) is 14.9 Å². The number of esters is 1. The number of nitro groups is 1. The number of halogens is 1. The van der Waals surface area contributed by atoms with E-state index in [1.165, 1.54) is 19.3 Å². The fraction of sp³-hybridized carbons (Fsp3) is 0.167. The lowest BCUT2D eigenvalue weighted by atomic mass is 10.1. The summed E-state index contributed by atoms with van der Waals surface area (Å²) in [5.74, 6) is 0.172. The van der Waals surface area contributed by atoms with Crippen LogP contribution in [0.1, 0.15) is 17.5 Å². The van der Waals surface area contributed by atoms with Crippen LogP contribution in [0, 0.1) is 10.1 Å². The highest BCUT2D eigenvalue weighted by atomic mass is 35.5. The largest absolute Gasteiger partial charge is 0.493 e. The second-order valence-corrected chi connectivity index (χ2v) is 5.55. The van der Waals surface area contributed by atoms with Crippen molar-refractivity contribution in [1.82, 2.24) is 0 Å². The molecule has 0 radical (unpaired) electrons. The van der Waals surface area contributed by atoms with Crippen molar-refractivity contribution < 1.29 is 19.2 Å². The lowest BCUT2D eigenvalue weighted by Gasteiger charge is -2.10. The first-order valence-corrected chi connectivity index (χ1v) is 7.80. The van der Waals surface area contributed by atoms with Crippen LogP contribution in [0.4, 0.5) is 0 Å². The van der Waals surface area contributed by atoms with Crippen LogP contribution in [0.3, 0.4) is 0 Å². The predicted octanol–water partition coefficient (Wildman–Crippen LogP) is 4.13. The Morgan fingerprint density at radius 1 is 1.24 bits per heavy atom. The van der Waals surface area contributed by atoms with E-state index in [0.717, 1.165) is 11.8 Å². The van der Waals surface area contributed by atoms with E-state index in [0.29, 0.717) is 22.8 Å². The summed E-state index contributed by atoms with van der Waals surface area (Å²) < 4.78 is 10.5. The average molecular weight is 362 g/mol. The van der Waals surface area contributed by atoms with Crippen molar-refractivity contribution in [3.63, 3.8) is 0 Å². The van der Waals surface area contributed by atoms with Crippen LogP contribution >= 0.6 is 11.6 Å². The molecular formula is C18H16ClNO5. The minimum Gasteiger partial charge on any atom is -0.493 e. The number of methoxy groups -OCH3 is 1. The van der Waals surface area contributed by atoms with E-state index in [1.807, 2.05) is 12.1 Å². The number of carbonyl (C=O) groups is 1. The molecule has 6 nitrogen and oxygen atoms in total. The molecule has 0 aliphatic carbocycles. The lowest BCUT2D eigenvalue weighted by Crippen LogP contribution is -2.10. The maximum atomic E-state index is 12.0. The molecule has 2 rings (SSSR count). The number of hydrogen-bond acceptors (Lipinski definition) is 5. The third-order valence-corrected chi connectivity index (χ3v) is 3.54. The van der Waals surface area contributed by atoms with Crippen LogP contribution in [-0.4, -0.2) is 18.0 Å². The van der Waals surface area contributed by atoms with Crippen molar-refractivity contribution in [3.8, 4) is 11.5 Å². The molecule has 25 heavy (non-hydrogen) atoms. The maximum Gasteiger partial charge on any atom is 0.311 e. The van der Waals surface area contributed by atoms with E-state index >= 15 is 0 Å². The van der Waals surface area contributed by atoms with Gasteiger partial charge in [0.25, 0.3) is 0 Å². The van der Waals surface area contributed by atoms with Crippen LogP contribution in [0.25, 0.3) is 6.08 Å². The molecule has 0 unspecified atom stereocenters. The molecule has 2 aromatic rings. The van der Waals surface area contributed by atoms with Gasteiger partial charge in [0, 0.05) is 17.5 Å². The van der Waals surface area contributed by atoms with E-state index in [-0.39, 0.29) is 12.2 Å². The van der Waals surface area contributed by atoms with Crippen molar-refractivity contribution in [2.45, 2.75) is 12.8 Å². The zero-order valence-electron chi connectivity index (χ0n) is 13.5. The van der Waals surface area contributed by atoms with Gasteiger partial charge in [-0.05, 0) is 41.8 Å². The molecule has 0 fully saturated rings. The number of benzene rings is 2. The normalized spacial score (nSPS) is 10.6. The Morgan fingerprint density at radius 2 is 2.04 bits per heavy atom. The van der Waals surface area contributed by atoms with Crippen LogP contribution in [-0.2, 0) is 11.2 Å². The van der Waals surface area contributed by atoms with Gasteiger partial charge in [0.05, 0.1) is 12.0 Å². The van der Waals surface area contributed by atoms with Gasteiger partial charge in [0.1, 0.15) is 0 Å². The molecule has 0 amide bonds. The summed E-state index contributed by atoms with van der Waals surface area (Å²) in [7, 11) is 1.43. The van der Waals surface area contributed by atoms with E-state index < -0.39 is 10.9 Å². The molecule has 130 valence electrons. The molecule has 2 aromatic carbocycles. The Kier molecular flexibility index (Phi) is 6.54. The summed E-state index contributed by atoms with van der Waals surface area (Å²) in [6, 6.07) is 12.0. The third-order valence-electron chi connectivity index (χ3n) is 3.31. The van der Waals surface area contributed by atoms with Gasteiger partial charge in [0.2, 0.25) is 6.20 Å². The predicted molar refractivity (Wildman–Crippen MR) is 94.4 cm³/mol. The third kappa shape index (κ3) is 5.93. The number of hydrogen-bond donors (Lipinski definition) is 0. The minimum atomic E-state index is -0.559. The van der Waals surface area contributed by atoms with Gasteiger partial charge in [-0.2, -0.15) is 0 Å². The lowest BCUT2D eigenvalue weighted by molar-refractivity contribution is -0.400. The van der Waals surface area contributed by atoms with Crippen LogP contribution < -0.4 is 9.47 Å². The zero-order valence-corrected chi connectivity index (χ0v) is 14.2. The second kappa shape index (κ2) is 8.84. The molecule has 0 aliphatic rings. The summed E-state index contributed by atoms with van der Waals surface area (Å²) in [6.07, 6.45) is 2.84. The van der Waals surface area contributed by atoms with Gasteiger partial charge in [-0.15, -0.1) is 0 Å². The second-order valence-electron chi connectivity index (χ2n) is 5.12. The van der Waals surface area contributed by atoms with Crippen LogP contribution in [0.5, 0.6) is 11.5 Å². The van der Waals surface area contributed by atoms with E-state index in [2.05, 4.69) is 0 Å². The molecule has 0 atom stereocenters. The molecule has 0 bridgehead atoms. The van der Waals surface area contributed by atoms with Crippen molar-refractivity contribution in [2.24, 2.45) is 0 Å². The summed E-state index contributed by atoms with van der Waals surface area (Å²) in [6.45, 7) is 0. The van der Waals surface area contributed by atoms with Crippen LogP contribution in [0.15, 0.2) is 48.7 Å². The molecule has 0 aromatic heterocycles. The van der Waals surface area contributed by atoms with Gasteiger partial charge in [-0.3, -0.25) is 14.9 Å². The summed E-state index contributed by atoms with van der Waals surface area (Å²) in [5.41, 5.74) is 1.50. The smallest absolute Gasteiger partial charge is 0.311 e. The quantitative estimate of drug-likeness (QED) is 0.320. The highest BCUT2D eigenvalue weighted by molar-refractivity contribution is 6.30. The first-order valence-electron chi connectivity index (χ1n) is 7.43. The van der Waals surface area contributed by atoms with Gasteiger partial charge < -0.3 is 9.47 Å². The number of aryl methyl sites for hydroxylation is 1. The topological polar surface area (TPSA) is 78.7 Å². The van der Waals surface area contributed by atoms with Crippen LogP contribution in [0.2, 0.25) is 5.02 Å². The summed E-state index contributed by atoms with van der Waals surface area (Å²) in [5, 5.41) is 11.0. The summed E-state index contributed by atoms with van der Waals surface area (Å²) >= 11 is 5.91. The Balaban J connectivity index is 2.01. The Labute approximate surface area is 149 Å². The van der Waals surface area contributed by atoms with Crippen molar-refractivity contribution in [1.29, 1.82) is 0 Å². The fourth-order valence-electron chi connectivity index (χ4n) is 2.13. The van der Waals surface area contributed by atoms with Crippen molar-refractivity contribution in [2.75, 3.05) is 7.11 Å².